The number of fused-ring (bicyclic) bond motifs is 1. The van der Waals surface area contributed by atoms with Crippen molar-refractivity contribution >= 4 is 28.6 Å². The van der Waals surface area contributed by atoms with Gasteiger partial charge in [0.2, 0.25) is 0 Å². The van der Waals surface area contributed by atoms with Gasteiger partial charge in [0.1, 0.15) is 18.2 Å². The zero-order valence-electron chi connectivity index (χ0n) is 20.7. The van der Waals surface area contributed by atoms with Gasteiger partial charge in [-0.15, -0.1) is 0 Å². The second-order valence-electron chi connectivity index (χ2n) is 10.3. The molecule has 1 atom stereocenters. The molecule has 188 valence electrons. The molecule has 1 aromatic carbocycles. The zero-order chi connectivity index (χ0) is 26.1. The number of carbonyl (C=O) groups is 1. The number of hydrogen-bond donors (Lipinski definition) is 1. The topological polar surface area (TPSA) is 75.6 Å². The van der Waals surface area contributed by atoms with Crippen molar-refractivity contribution in [3.8, 4) is 17.0 Å². The van der Waals surface area contributed by atoms with Gasteiger partial charge in [0.15, 0.2) is 5.75 Å². The van der Waals surface area contributed by atoms with Crippen LogP contribution in [0.3, 0.4) is 0 Å². The number of hydrogen-bond acceptors (Lipinski definition) is 4. The van der Waals surface area contributed by atoms with E-state index in [4.69, 9.17) is 16.3 Å². The molecular formula is C26H30ClF2N3O3. The second-order valence-corrected chi connectivity index (χ2v) is 10.7. The van der Waals surface area contributed by atoms with Crippen molar-refractivity contribution in [1.29, 1.82) is 0 Å². The van der Waals surface area contributed by atoms with Crippen molar-refractivity contribution in [3.05, 3.63) is 53.3 Å². The highest BCUT2D eigenvalue weighted by Gasteiger charge is 2.43. The molecule has 2 aromatic heterocycles. The Morgan fingerprint density at radius 3 is 2.43 bits per heavy atom. The van der Waals surface area contributed by atoms with Crippen molar-refractivity contribution < 1.29 is 23.4 Å². The first-order valence-corrected chi connectivity index (χ1v) is 11.7. The van der Waals surface area contributed by atoms with Gasteiger partial charge in [-0.25, -0.2) is 13.6 Å². The number of halogens is 3. The molecule has 0 saturated carbocycles. The minimum atomic E-state index is -1.04. The Morgan fingerprint density at radius 2 is 1.86 bits per heavy atom. The average Bonchev–Trinajstić information content (AvgIpc) is 2.70. The van der Waals surface area contributed by atoms with Crippen LogP contribution in [-0.4, -0.2) is 43.8 Å². The van der Waals surface area contributed by atoms with Gasteiger partial charge in [-0.1, -0.05) is 25.4 Å². The van der Waals surface area contributed by atoms with Crippen LogP contribution >= 0.6 is 11.6 Å². The minimum Gasteiger partial charge on any atom is -0.488 e. The third-order valence-electron chi connectivity index (χ3n) is 5.64. The number of ether oxygens (including phenoxy) is 1. The molecule has 6 nitrogen and oxygen atoms in total. The average molecular weight is 506 g/mol. The van der Waals surface area contributed by atoms with Gasteiger partial charge < -0.3 is 9.84 Å². The molecule has 0 bridgehead atoms. The van der Waals surface area contributed by atoms with E-state index in [1.807, 2.05) is 41.5 Å². The Balaban J connectivity index is 1.94. The summed E-state index contributed by atoms with van der Waals surface area (Å²) in [6, 6.07) is 5.06. The number of amides is 1. The molecule has 3 rings (SSSR count). The molecule has 0 aliphatic rings. The Kier molecular flexibility index (Phi) is 7.55. The van der Waals surface area contributed by atoms with Crippen LogP contribution in [0.4, 0.5) is 13.6 Å². The molecule has 0 radical (unpaired) electrons. The van der Waals surface area contributed by atoms with Crippen molar-refractivity contribution in [2.45, 2.75) is 59.0 Å². The molecule has 0 fully saturated rings. The summed E-state index contributed by atoms with van der Waals surface area (Å²) in [6.45, 7) is 11.5. The number of pyridine rings is 2. The van der Waals surface area contributed by atoms with E-state index in [1.54, 1.807) is 6.07 Å². The number of carboxylic acid groups (broad SMARTS) is 1. The number of benzene rings is 1. The van der Waals surface area contributed by atoms with E-state index in [9.17, 15) is 18.7 Å². The van der Waals surface area contributed by atoms with Gasteiger partial charge in [0.05, 0.1) is 28.0 Å². The fourth-order valence-electron chi connectivity index (χ4n) is 4.74. The maximum absolute atomic E-state index is 14.5. The predicted molar refractivity (Wildman–Crippen MR) is 133 cm³/mol. The Morgan fingerprint density at radius 1 is 1.17 bits per heavy atom. The number of rotatable bonds is 7. The molecule has 1 N–H and O–H groups in total. The Bertz CT molecular complexity index is 1250. The van der Waals surface area contributed by atoms with E-state index >= 15 is 0 Å². The summed E-state index contributed by atoms with van der Waals surface area (Å²) in [4.78, 5) is 22.0. The van der Waals surface area contributed by atoms with Crippen LogP contribution in [0.25, 0.3) is 22.2 Å². The predicted octanol–water partition coefficient (Wildman–Crippen LogP) is 7.19. The smallest absolute Gasteiger partial charge is 0.408 e. The molecule has 35 heavy (non-hydrogen) atoms. The van der Waals surface area contributed by atoms with E-state index in [-0.39, 0.29) is 34.2 Å². The highest BCUT2D eigenvalue weighted by molar-refractivity contribution is 6.32. The van der Waals surface area contributed by atoms with Gasteiger partial charge in [-0.2, -0.15) is 0 Å². The third-order valence-corrected chi connectivity index (χ3v) is 5.94. The molecule has 0 saturated heterocycles. The van der Waals surface area contributed by atoms with Gasteiger partial charge in [-0.3, -0.25) is 14.9 Å². The van der Waals surface area contributed by atoms with Crippen molar-refractivity contribution in [3.63, 3.8) is 0 Å². The van der Waals surface area contributed by atoms with Crippen LogP contribution in [0.1, 0.15) is 48.0 Å². The first kappa shape index (κ1) is 26.6. The Hall–Kier alpha value is -3.00. The molecular weight excluding hydrogens is 476 g/mol. The minimum absolute atomic E-state index is 0.0571. The van der Waals surface area contributed by atoms with Gasteiger partial charge in [-0.05, 0) is 52.2 Å². The molecule has 0 unspecified atom stereocenters. The van der Waals surface area contributed by atoms with E-state index in [2.05, 4.69) is 9.97 Å². The lowest BCUT2D eigenvalue weighted by atomic mass is 9.86. The summed E-state index contributed by atoms with van der Waals surface area (Å²) in [5, 5.41) is 10.3. The van der Waals surface area contributed by atoms with Crippen LogP contribution in [0.15, 0.2) is 36.7 Å². The largest absolute Gasteiger partial charge is 0.488 e. The van der Waals surface area contributed by atoms with E-state index in [0.29, 0.717) is 17.7 Å². The lowest BCUT2D eigenvalue weighted by Gasteiger charge is -2.47. The molecule has 9 heteroatoms. The van der Waals surface area contributed by atoms with Crippen molar-refractivity contribution in [1.82, 2.24) is 14.9 Å². The van der Waals surface area contributed by atoms with E-state index in [1.165, 1.54) is 23.4 Å². The first-order valence-electron chi connectivity index (χ1n) is 11.3. The molecule has 2 heterocycles. The maximum atomic E-state index is 14.5. The highest BCUT2D eigenvalue weighted by atomic mass is 35.5. The fraction of sp³-hybridized carbons (Fsp3) is 0.423. The first-order chi connectivity index (χ1) is 16.2. The summed E-state index contributed by atoms with van der Waals surface area (Å²) in [7, 11) is 0. The normalized spacial score (nSPS) is 13.7. The summed E-state index contributed by atoms with van der Waals surface area (Å²) in [5.41, 5.74) is -0.549. The van der Waals surface area contributed by atoms with Gasteiger partial charge in [0.25, 0.3) is 0 Å². The zero-order valence-corrected chi connectivity index (χ0v) is 21.5. The standard InChI is InChI=1S/C26H30ClF2N3O3/c1-15(2)12-26(6,32(24(33)34)25(3,4)5)14-35-22-13-31-20(11-18(22)27)17-7-8-30-21-10-16(28)9-19(29)23(17)21/h7-11,13,15H,12,14H2,1-6H3,(H,33,34)/t26-/m0/s1. The van der Waals surface area contributed by atoms with Crippen molar-refractivity contribution in [2.75, 3.05) is 6.61 Å². The summed E-state index contributed by atoms with van der Waals surface area (Å²) < 4.78 is 34.2. The fourth-order valence-corrected chi connectivity index (χ4v) is 4.95. The molecule has 0 spiro atoms. The van der Waals surface area contributed by atoms with Crippen LogP contribution in [0.5, 0.6) is 5.75 Å². The van der Waals surface area contributed by atoms with Crippen LogP contribution in [0.2, 0.25) is 5.02 Å². The summed E-state index contributed by atoms with van der Waals surface area (Å²) in [6.07, 6.45) is 2.40. The van der Waals surface area contributed by atoms with Crippen LogP contribution < -0.4 is 4.74 Å². The van der Waals surface area contributed by atoms with Crippen LogP contribution in [-0.2, 0) is 0 Å². The SMILES string of the molecule is CC(C)C[C@@](C)(COc1cnc(-c2ccnc3cc(F)cc(F)c23)cc1Cl)N(C(=O)O)C(C)(C)C. The quantitative estimate of drug-likeness (QED) is 0.367. The monoisotopic (exact) mass is 505 g/mol. The molecule has 3 aromatic rings. The highest BCUT2D eigenvalue weighted by Crippen LogP contribution is 2.36. The van der Waals surface area contributed by atoms with Crippen molar-refractivity contribution in [2.24, 2.45) is 5.92 Å². The molecule has 1 amide bonds. The Labute approximate surface area is 208 Å². The summed E-state index contributed by atoms with van der Waals surface area (Å²) in [5.74, 6) is -0.982. The third kappa shape index (κ3) is 5.81. The van der Waals surface area contributed by atoms with Gasteiger partial charge in [0, 0.05) is 34.8 Å². The second kappa shape index (κ2) is 9.93. The van der Waals surface area contributed by atoms with E-state index < -0.39 is 28.8 Å². The lowest BCUT2D eigenvalue weighted by Crippen LogP contribution is -2.61. The van der Waals surface area contributed by atoms with E-state index in [0.717, 1.165) is 12.1 Å². The molecule has 0 aliphatic heterocycles. The van der Waals surface area contributed by atoms with Crippen LogP contribution in [0, 0.1) is 17.6 Å². The van der Waals surface area contributed by atoms with Gasteiger partial charge >= 0.3 is 6.09 Å². The number of aromatic nitrogens is 2. The summed E-state index contributed by atoms with van der Waals surface area (Å²) >= 11 is 6.50. The molecule has 0 aliphatic carbocycles. The maximum Gasteiger partial charge on any atom is 0.408 e. The number of nitrogens with zero attached hydrogens (tertiary/aromatic N) is 3. The lowest BCUT2D eigenvalue weighted by molar-refractivity contribution is -0.0109.